The van der Waals surface area contributed by atoms with E-state index in [2.05, 4.69) is 273 Å². The number of allylic oxidation sites excluding steroid dienone is 3. The lowest BCUT2D eigenvalue weighted by Crippen LogP contribution is -2.19. The zero-order chi connectivity index (χ0) is 50.0. The van der Waals surface area contributed by atoms with Gasteiger partial charge in [0.25, 0.3) is 0 Å². The van der Waals surface area contributed by atoms with Crippen molar-refractivity contribution >= 4 is 90.3 Å². The van der Waals surface area contributed by atoms with Gasteiger partial charge in [-0.2, -0.15) is 0 Å². The third kappa shape index (κ3) is 7.38. The van der Waals surface area contributed by atoms with Crippen LogP contribution < -0.4 is 9.80 Å². The average molecular weight is 964 g/mol. The van der Waals surface area contributed by atoms with Gasteiger partial charge < -0.3 is 23.5 Å². The first-order valence-corrected chi connectivity index (χ1v) is 26.1. The van der Waals surface area contributed by atoms with Crippen molar-refractivity contribution in [3.05, 3.63) is 283 Å². The topological polar surface area (TPSA) is 21.3 Å². The Labute approximate surface area is 437 Å². The molecule has 0 amide bonds. The van der Waals surface area contributed by atoms with Gasteiger partial charge in [0.1, 0.15) is 0 Å². The van der Waals surface area contributed by atoms with E-state index < -0.39 is 0 Å². The molecule has 3 heterocycles. The van der Waals surface area contributed by atoms with Crippen molar-refractivity contribution in [3.8, 4) is 17.1 Å². The molecule has 0 aliphatic heterocycles. The number of rotatable bonds is 11. The van der Waals surface area contributed by atoms with Crippen molar-refractivity contribution in [2.45, 2.75) is 25.7 Å². The van der Waals surface area contributed by atoms with Crippen LogP contribution >= 0.6 is 0 Å². The molecule has 0 unspecified atom stereocenters. The molecule has 5 nitrogen and oxygen atoms in total. The Bertz CT molecular complexity index is 4250. The van der Waals surface area contributed by atoms with Crippen LogP contribution in [0.4, 0.5) is 28.4 Å². The first-order chi connectivity index (χ1) is 37.1. The molecule has 2 aliphatic carbocycles. The van der Waals surface area contributed by atoms with Gasteiger partial charge in [0, 0.05) is 95.3 Å². The van der Waals surface area contributed by atoms with Gasteiger partial charge in [-0.25, -0.2) is 0 Å². The standard InChI is InChI=1S/C70H53N5/c1-3-48-30-36-65-59(42-48)61-44-55(32-38-67(61)73(65)52-24-14-7-15-25-52)71(50-20-10-5-11-21-50)57-34-40-69-63(46-57)64-47-58(35-41-70(64)75(69)54-28-18-9-19-29-54)72(51-22-12-6-13-23-51)56-33-39-68-62(45-56)60-43-49(4-2)31-37-66(60)74(68)53-26-16-8-17-27-53/h3-30,33-36,39-47H,1-2,31-32,37-38H2. The van der Waals surface area contributed by atoms with Crippen molar-refractivity contribution in [1.29, 1.82) is 0 Å². The van der Waals surface area contributed by atoms with E-state index in [1.165, 1.54) is 77.7 Å². The lowest BCUT2D eigenvalue weighted by molar-refractivity contribution is 0.838. The lowest BCUT2D eigenvalue weighted by atomic mass is 9.95. The van der Waals surface area contributed by atoms with Gasteiger partial charge in [-0.15, -0.1) is 0 Å². The summed E-state index contributed by atoms with van der Waals surface area (Å²) >= 11 is 0. The van der Waals surface area contributed by atoms with Gasteiger partial charge in [0.15, 0.2) is 0 Å². The molecule has 14 rings (SSSR count). The van der Waals surface area contributed by atoms with Gasteiger partial charge in [-0.05, 0) is 176 Å². The summed E-state index contributed by atoms with van der Waals surface area (Å²) in [5.41, 5.74) is 22.6. The van der Waals surface area contributed by atoms with E-state index in [4.69, 9.17) is 0 Å². The van der Waals surface area contributed by atoms with Gasteiger partial charge >= 0.3 is 0 Å². The average Bonchev–Trinajstić information content (AvgIpc) is 4.11. The number of nitrogens with zero attached hydrogens (tertiary/aromatic N) is 5. The zero-order valence-corrected chi connectivity index (χ0v) is 41.7. The van der Waals surface area contributed by atoms with E-state index >= 15 is 0 Å². The molecule has 5 heteroatoms. The molecule has 0 saturated heterocycles. The molecule has 358 valence electrons. The van der Waals surface area contributed by atoms with Gasteiger partial charge in [0.2, 0.25) is 0 Å². The molecular formula is C70H53N5. The maximum Gasteiger partial charge on any atom is 0.0542 e. The summed E-state index contributed by atoms with van der Waals surface area (Å²) < 4.78 is 7.34. The van der Waals surface area contributed by atoms with Crippen molar-refractivity contribution in [2.24, 2.45) is 0 Å². The third-order valence-electron chi connectivity index (χ3n) is 15.5. The molecule has 0 saturated carbocycles. The van der Waals surface area contributed by atoms with Crippen molar-refractivity contribution in [2.75, 3.05) is 9.80 Å². The van der Waals surface area contributed by atoms with E-state index in [1.807, 2.05) is 12.2 Å². The second-order valence-electron chi connectivity index (χ2n) is 19.7. The van der Waals surface area contributed by atoms with Crippen molar-refractivity contribution in [1.82, 2.24) is 13.7 Å². The number of aromatic nitrogens is 3. The molecule has 0 radical (unpaired) electrons. The number of hydrogen-bond acceptors (Lipinski definition) is 2. The minimum Gasteiger partial charge on any atom is -0.314 e. The predicted molar refractivity (Wildman–Crippen MR) is 317 cm³/mol. The quantitative estimate of drug-likeness (QED) is 0.129. The van der Waals surface area contributed by atoms with Gasteiger partial charge in [-0.3, -0.25) is 0 Å². The summed E-state index contributed by atoms with van der Waals surface area (Å²) in [5.74, 6) is 0. The Balaban J connectivity index is 0.969. The second-order valence-corrected chi connectivity index (χ2v) is 19.7. The smallest absolute Gasteiger partial charge is 0.0542 e. The van der Waals surface area contributed by atoms with E-state index in [-0.39, 0.29) is 0 Å². The summed E-state index contributed by atoms with van der Waals surface area (Å²) in [7, 11) is 0. The van der Waals surface area contributed by atoms with Crippen LogP contribution in [0, 0.1) is 0 Å². The lowest BCUT2D eigenvalue weighted by Gasteiger charge is -2.30. The Morgan fingerprint density at radius 1 is 0.333 bits per heavy atom. The molecule has 0 bridgehead atoms. The zero-order valence-electron chi connectivity index (χ0n) is 41.7. The fourth-order valence-electron chi connectivity index (χ4n) is 12.1. The molecule has 2 aliphatic rings. The van der Waals surface area contributed by atoms with E-state index in [0.717, 1.165) is 76.4 Å². The molecule has 0 spiro atoms. The van der Waals surface area contributed by atoms with Crippen LogP contribution in [-0.4, -0.2) is 13.7 Å². The number of benzene rings is 9. The molecule has 0 fully saturated rings. The molecular weight excluding hydrogens is 911 g/mol. The van der Waals surface area contributed by atoms with Crippen molar-refractivity contribution < 1.29 is 0 Å². The number of para-hydroxylation sites is 5. The molecule has 75 heavy (non-hydrogen) atoms. The second kappa shape index (κ2) is 18.2. The summed E-state index contributed by atoms with van der Waals surface area (Å²) in [6.07, 6.45) is 12.5. The molecule has 3 aromatic heterocycles. The fraction of sp³-hybridized carbons (Fsp3) is 0.0571. The largest absolute Gasteiger partial charge is 0.314 e. The van der Waals surface area contributed by atoms with Crippen LogP contribution in [0.2, 0.25) is 0 Å². The predicted octanol–water partition coefficient (Wildman–Crippen LogP) is 18.4. The Morgan fingerprint density at radius 3 is 1.27 bits per heavy atom. The minimum atomic E-state index is 0.867. The third-order valence-corrected chi connectivity index (χ3v) is 15.5. The van der Waals surface area contributed by atoms with Crippen molar-refractivity contribution in [3.63, 3.8) is 0 Å². The summed E-state index contributed by atoms with van der Waals surface area (Å²) in [5, 5.41) is 4.83. The maximum atomic E-state index is 4.19. The number of hydrogen-bond donors (Lipinski definition) is 0. The normalized spacial score (nSPS) is 13.1. The van der Waals surface area contributed by atoms with E-state index in [1.54, 1.807) is 0 Å². The maximum absolute atomic E-state index is 4.19. The number of anilines is 5. The van der Waals surface area contributed by atoms with Crippen LogP contribution in [0.25, 0.3) is 78.9 Å². The highest BCUT2D eigenvalue weighted by Crippen LogP contribution is 2.46. The fourth-order valence-corrected chi connectivity index (χ4v) is 12.1. The minimum absolute atomic E-state index is 0.867. The summed E-state index contributed by atoms with van der Waals surface area (Å²) in [4.78, 5) is 4.91. The Hall–Kier alpha value is -9.58. The highest BCUT2D eigenvalue weighted by atomic mass is 15.2. The Morgan fingerprint density at radius 2 is 0.747 bits per heavy atom. The van der Waals surface area contributed by atoms with Gasteiger partial charge in [0.05, 0.1) is 22.1 Å². The van der Waals surface area contributed by atoms with E-state index in [9.17, 15) is 0 Å². The highest BCUT2D eigenvalue weighted by molar-refractivity contribution is 6.12. The Kier molecular flexibility index (Phi) is 10.7. The van der Waals surface area contributed by atoms with Crippen LogP contribution in [0.3, 0.4) is 0 Å². The number of fused-ring (bicyclic) bond motifs is 9. The molecule has 12 aromatic rings. The van der Waals surface area contributed by atoms with Crippen LogP contribution in [0.1, 0.15) is 40.9 Å². The monoisotopic (exact) mass is 963 g/mol. The van der Waals surface area contributed by atoms with Crippen LogP contribution in [-0.2, 0) is 12.8 Å². The first-order valence-electron chi connectivity index (χ1n) is 26.1. The SMILES string of the molecule is C=CC1=Cc2c(n(-c3ccccc3)c3ccc(N(c4ccccc4)c4ccc5c(c4)c4cc(N(C6=Cc7c(n(-c8ccccc8)c8ccc(C=C)cc78)CC6)c6ccccc6)ccc4n5-c4ccccc4)cc23)CC1. The first kappa shape index (κ1) is 44.1. The van der Waals surface area contributed by atoms with Crippen LogP contribution in [0.5, 0.6) is 0 Å². The molecule has 0 atom stereocenters. The summed E-state index contributed by atoms with van der Waals surface area (Å²) in [6, 6.07) is 81.9. The van der Waals surface area contributed by atoms with Crippen LogP contribution in [0.15, 0.2) is 255 Å². The molecule has 0 N–H and O–H groups in total. The summed E-state index contributed by atoms with van der Waals surface area (Å²) in [6.45, 7) is 8.34. The van der Waals surface area contributed by atoms with Gasteiger partial charge in [-0.1, -0.05) is 122 Å². The van der Waals surface area contributed by atoms with E-state index in [0.29, 0.717) is 0 Å². The highest BCUT2D eigenvalue weighted by Gasteiger charge is 2.27. The molecule has 9 aromatic carbocycles.